The van der Waals surface area contributed by atoms with Crippen molar-refractivity contribution in [2.75, 3.05) is 24.3 Å². The van der Waals surface area contributed by atoms with Crippen LogP contribution in [0, 0.1) is 5.92 Å². The highest BCUT2D eigenvalue weighted by atomic mass is 35.5. The van der Waals surface area contributed by atoms with Gasteiger partial charge in [0, 0.05) is 17.3 Å². The third-order valence-corrected chi connectivity index (χ3v) is 9.05. The van der Waals surface area contributed by atoms with Gasteiger partial charge in [0.2, 0.25) is 5.91 Å². The number of fused-ring (bicyclic) bond motifs is 7. The number of ketones is 1. The molecule has 0 saturated carbocycles. The summed E-state index contributed by atoms with van der Waals surface area (Å²) in [6.07, 6.45) is 1.50. The Morgan fingerprint density at radius 1 is 0.973 bits per heavy atom. The molecule has 2 N–H and O–H groups in total. The number of nitrogens with zero attached hydrogens (tertiary/aromatic N) is 1. The molecular formula is C29H24ClN3O4. The van der Waals surface area contributed by atoms with Crippen LogP contribution < -0.4 is 15.4 Å². The van der Waals surface area contributed by atoms with Crippen molar-refractivity contribution in [2.24, 2.45) is 5.92 Å². The van der Waals surface area contributed by atoms with Gasteiger partial charge in [-0.25, -0.2) is 0 Å². The summed E-state index contributed by atoms with van der Waals surface area (Å²) < 4.78 is 5.56. The molecule has 2 saturated heterocycles. The topological polar surface area (TPSA) is 87.7 Å². The monoisotopic (exact) mass is 513 g/mol. The SMILES string of the molecule is COc1ccccc1C(=O)C1C2CCCN2C2(C(=O)Nc3c(Cl)cccc32)C12C(=O)Nc1ccccc12. The van der Waals surface area contributed by atoms with E-state index in [9.17, 15) is 14.4 Å². The minimum atomic E-state index is -1.51. The Hall–Kier alpha value is -3.68. The fourth-order valence-electron chi connectivity index (χ4n) is 7.59. The van der Waals surface area contributed by atoms with E-state index < -0.39 is 16.9 Å². The van der Waals surface area contributed by atoms with Crippen molar-refractivity contribution in [1.29, 1.82) is 0 Å². The highest BCUT2D eigenvalue weighted by Crippen LogP contribution is 2.68. The summed E-state index contributed by atoms with van der Waals surface area (Å²) in [4.78, 5) is 45.6. The van der Waals surface area contributed by atoms with Gasteiger partial charge in [-0.05, 0) is 49.2 Å². The quantitative estimate of drug-likeness (QED) is 0.508. The van der Waals surface area contributed by atoms with Gasteiger partial charge in [-0.15, -0.1) is 0 Å². The van der Waals surface area contributed by atoms with Gasteiger partial charge in [-0.1, -0.05) is 54.1 Å². The predicted octanol–water partition coefficient (Wildman–Crippen LogP) is 4.36. The van der Waals surface area contributed by atoms with Gasteiger partial charge in [-0.3, -0.25) is 19.3 Å². The van der Waals surface area contributed by atoms with E-state index in [4.69, 9.17) is 16.3 Å². The average molecular weight is 514 g/mol. The number of carbonyl (C=O) groups excluding carboxylic acids is 3. The molecule has 2 amide bonds. The number of rotatable bonds is 3. The number of amides is 2. The molecule has 4 atom stereocenters. The Labute approximate surface area is 218 Å². The predicted molar refractivity (Wildman–Crippen MR) is 139 cm³/mol. The number of carbonyl (C=O) groups is 3. The van der Waals surface area contributed by atoms with Crippen LogP contribution in [0.25, 0.3) is 0 Å². The Morgan fingerprint density at radius 2 is 1.73 bits per heavy atom. The van der Waals surface area contributed by atoms with E-state index in [-0.39, 0.29) is 23.6 Å². The molecule has 2 spiro atoms. The first kappa shape index (κ1) is 22.5. The average Bonchev–Trinajstić information content (AvgIpc) is 3.63. The zero-order valence-electron chi connectivity index (χ0n) is 20.1. The molecule has 0 aliphatic carbocycles. The highest BCUT2D eigenvalue weighted by molar-refractivity contribution is 6.35. The first-order valence-electron chi connectivity index (χ1n) is 12.4. The molecule has 3 aromatic rings. The van der Waals surface area contributed by atoms with E-state index in [1.165, 1.54) is 7.11 Å². The number of hydrogen-bond acceptors (Lipinski definition) is 5. The number of benzene rings is 3. The van der Waals surface area contributed by atoms with Crippen LogP contribution in [0.2, 0.25) is 5.02 Å². The lowest BCUT2D eigenvalue weighted by molar-refractivity contribution is -0.137. The maximum atomic E-state index is 14.7. The lowest BCUT2D eigenvalue weighted by atomic mass is 9.57. The van der Waals surface area contributed by atoms with E-state index in [0.717, 1.165) is 6.42 Å². The van der Waals surface area contributed by atoms with Gasteiger partial charge in [0.05, 0.1) is 29.3 Å². The molecule has 8 heteroatoms. The van der Waals surface area contributed by atoms with Crippen molar-refractivity contribution in [3.8, 4) is 5.75 Å². The van der Waals surface area contributed by atoms with Crippen molar-refractivity contribution in [3.63, 3.8) is 0 Å². The Balaban J connectivity index is 1.60. The first-order valence-corrected chi connectivity index (χ1v) is 12.8. The number of methoxy groups -OCH3 is 1. The Kier molecular flexibility index (Phi) is 4.66. The number of ether oxygens (including phenoxy) is 1. The van der Waals surface area contributed by atoms with Crippen LogP contribution in [0.5, 0.6) is 5.75 Å². The number of hydrogen-bond donors (Lipinski definition) is 2. The van der Waals surface area contributed by atoms with Crippen LogP contribution in [0.4, 0.5) is 11.4 Å². The van der Waals surface area contributed by atoms with Crippen LogP contribution in [-0.2, 0) is 20.5 Å². The zero-order chi connectivity index (χ0) is 25.5. The third kappa shape index (κ3) is 2.49. The van der Waals surface area contributed by atoms with Gasteiger partial charge in [0.25, 0.3) is 5.91 Å². The van der Waals surface area contributed by atoms with E-state index in [1.807, 2.05) is 36.4 Å². The van der Waals surface area contributed by atoms with Crippen molar-refractivity contribution in [3.05, 3.63) is 88.4 Å². The Morgan fingerprint density at radius 3 is 2.57 bits per heavy atom. The smallest absolute Gasteiger partial charge is 0.251 e. The van der Waals surface area contributed by atoms with E-state index in [2.05, 4.69) is 15.5 Å². The fraction of sp³-hybridized carbons (Fsp3) is 0.276. The molecule has 4 unspecified atom stereocenters. The maximum absolute atomic E-state index is 14.7. The fourth-order valence-corrected chi connectivity index (χ4v) is 7.81. The molecule has 186 valence electrons. The molecular weight excluding hydrogens is 490 g/mol. The molecule has 7 nitrogen and oxygen atoms in total. The van der Waals surface area contributed by atoms with Crippen molar-refractivity contribution >= 4 is 40.6 Å². The largest absolute Gasteiger partial charge is 0.496 e. The first-order chi connectivity index (χ1) is 18.0. The highest BCUT2D eigenvalue weighted by Gasteiger charge is 2.81. The van der Waals surface area contributed by atoms with Crippen LogP contribution in [-0.4, -0.2) is 42.2 Å². The second kappa shape index (κ2) is 7.66. The lowest BCUT2D eigenvalue weighted by Crippen LogP contribution is -2.62. The number of halogens is 1. The molecule has 2 fully saturated rings. The standard InChI is InChI=1S/C29H24ClN3O4/c1-37-22-14-5-2-8-16(22)25(34)23-21-13-7-15-33(21)29(18-10-6-11-19(30)24(18)32-27(29)36)28(23)17-9-3-4-12-20(17)31-26(28)35/h2-6,8-12,14,21,23H,7,13,15H2,1H3,(H,31,35)(H,32,36). The molecule has 4 heterocycles. The van der Waals surface area contributed by atoms with Crippen LogP contribution in [0.1, 0.15) is 34.3 Å². The number of Topliss-reactive ketones (excluding diaryl/α,β-unsaturated/α-hetero) is 1. The van der Waals surface area contributed by atoms with Gasteiger partial charge >= 0.3 is 0 Å². The summed E-state index contributed by atoms with van der Waals surface area (Å²) in [5, 5.41) is 6.45. The molecule has 4 aliphatic heterocycles. The molecule has 0 aromatic heterocycles. The summed E-state index contributed by atoms with van der Waals surface area (Å²) in [6, 6.07) is 19.5. The van der Waals surface area contributed by atoms with Crippen LogP contribution in [0.15, 0.2) is 66.7 Å². The van der Waals surface area contributed by atoms with E-state index >= 15 is 0 Å². The van der Waals surface area contributed by atoms with Gasteiger partial charge in [0.1, 0.15) is 16.7 Å². The van der Waals surface area contributed by atoms with Gasteiger partial charge < -0.3 is 15.4 Å². The molecule has 7 rings (SSSR count). The summed E-state index contributed by atoms with van der Waals surface area (Å²) in [5.41, 5.74) is -0.124. The van der Waals surface area contributed by atoms with Crippen molar-refractivity contribution in [1.82, 2.24) is 4.90 Å². The lowest BCUT2D eigenvalue weighted by Gasteiger charge is -2.43. The summed E-state index contributed by atoms with van der Waals surface area (Å²) >= 11 is 6.59. The molecule has 0 bridgehead atoms. The second-order valence-electron chi connectivity index (χ2n) is 10.1. The molecule has 3 aromatic carbocycles. The van der Waals surface area contributed by atoms with Crippen molar-refractivity contribution in [2.45, 2.75) is 29.8 Å². The van der Waals surface area contributed by atoms with E-state index in [0.29, 0.717) is 51.8 Å². The molecule has 37 heavy (non-hydrogen) atoms. The minimum absolute atomic E-state index is 0.207. The minimum Gasteiger partial charge on any atom is -0.496 e. The molecule has 0 radical (unpaired) electrons. The third-order valence-electron chi connectivity index (χ3n) is 8.74. The number of nitrogens with one attached hydrogen (secondary N) is 2. The Bertz CT molecular complexity index is 1520. The van der Waals surface area contributed by atoms with Gasteiger partial charge in [0.15, 0.2) is 5.78 Å². The molecule has 4 aliphatic rings. The van der Waals surface area contributed by atoms with Crippen molar-refractivity contribution < 1.29 is 19.1 Å². The maximum Gasteiger partial charge on any atom is 0.251 e. The van der Waals surface area contributed by atoms with E-state index in [1.54, 1.807) is 30.3 Å². The zero-order valence-corrected chi connectivity index (χ0v) is 20.8. The normalized spacial score (nSPS) is 29.2. The second-order valence-corrected chi connectivity index (χ2v) is 10.5. The number of anilines is 2. The summed E-state index contributed by atoms with van der Waals surface area (Å²) in [7, 11) is 1.53. The number of para-hydroxylation sites is 3. The van der Waals surface area contributed by atoms with Crippen LogP contribution in [0.3, 0.4) is 0 Å². The van der Waals surface area contributed by atoms with Gasteiger partial charge in [-0.2, -0.15) is 0 Å². The van der Waals surface area contributed by atoms with Crippen LogP contribution >= 0.6 is 11.6 Å². The summed E-state index contributed by atoms with van der Waals surface area (Å²) in [5.74, 6) is -1.27. The summed E-state index contributed by atoms with van der Waals surface area (Å²) in [6.45, 7) is 0.580.